The van der Waals surface area contributed by atoms with Crippen molar-refractivity contribution >= 4 is 39.3 Å². The second-order valence-electron chi connectivity index (χ2n) is 5.36. The first-order valence-corrected chi connectivity index (χ1v) is 8.45. The van der Waals surface area contributed by atoms with Crippen LogP contribution in [0.15, 0.2) is 23.2 Å². The predicted molar refractivity (Wildman–Crippen MR) is 88.5 cm³/mol. The summed E-state index contributed by atoms with van der Waals surface area (Å²) in [6.45, 7) is 2.15. The first-order valence-electron chi connectivity index (χ1n) is 7.63. The van der Waals surface area contributed by atoms with Gasteiger partial charge in [0.1, 0.15) is 17.8 Å². The summed E-state index contributed by atoms with van der Waals surface area (Å²) in [6, 6.07) is 5.68. The predicted octanol–water partition coefficient (Wildman–Crippen LogP) is 1.21. The van der Waals surface area contributed by atoms with Gasteiger partial charge in [-0.2, -0.15) is 4.99 Å². The van der Waals surface area contributed by atoms with E-state index in [0.717, 1.165) is 20.9 Å². The minimum atomic E-state index is -0.515. The lowest BCUT2D eigenvalue weighted by atomic mass is 10.3. The minimum Gasteiger partial charge on any atom is -0.492 e. The van der Waals surface area contributed by atoms with Crippen LogP contribution in [0, 0.1) is 0 Å². The van der Waals surface area contributed by atoms with Gasteiger partial charge in [-0.25, -0.2) is 0 Å². The van der Waals surface area contributed by atoms with Crippen molar-refractivity contribution in [3.8, 4) is 5.75 Å². The Bertz CT molecular complexity index is 880. The van der Waals surface area contributed by atoms with Gasteiger partial charge in [0.25, 0.3) is 5.91 Å². The number of benzene rings is 1. The van der Waals surface area contributed by atoms with Crippen molar-refractivity contribution in [1.82, 2.24) is 9.47 Å². The van der Waals surface area contributed by atoms with Crippen LogP contribution in [0.1, 0.15) is 19.8 Å². The number of hydrogen-bond acceptors (Lipinski definition) is 5. The molecule has 8 heteroatoms. The summed E-state index contributed by atoms with van der Waals surface area (Å²) in [5.74, 6) is -0.419. The molecule has 1 aliphatic rings. The van der Waals surface area contributed by atoms with E-state index in [1.807, 2.05) is 25.1 Å². The Balaban J connectivity index is 1.94. The lowest BCUT2D eigenvalue weighted by Gasteiger charge is -2.10. The highest BCUT2D eigenvalue weighted by molar-refractivity contribution is 7.16. The molecule has 7 nitrogen and oxygen atoms in total. The molecular formula is C16H17N3O4S. The normalized spacial score (nSPS) is 15.6. The van der Waals surface area contributed by atoms with E-state index < -0.39 is 5.91 Å². The minimum absolute atomic E-state index is 0.167. The smallest absolute Gasteiger partial charge is 0.268 e. The third-order valence-corrected chi connectivity index (χ3v) is 4.85. The summed E-state index contributed by atoms with van der Waals surface area (Å²) in [6.07, 6.45) is 0.334. The Morgan fingerprint density at radius 1 is 1.29 bits per heavy atom. The molecule has 2 aromatic rings. The maximum Gasteiger partial charge on any atom is 0.268 e. The third kappa shape index (κ3) is 2.96. The van der Waals surface area contributed by atoms with Crippen LogP contribution < -0.4 is 9.54 Å². The number of aryl methyl sites for hydroxylation is 1. The Kier molecular flexibility index (Phi) is 4.48. The number of fused-ring (bicyclic) bond motifs is 1. The van der Waals surface area contributed by atoms with Crippen molar-refractivity contribution < 1.29 is 19.1 Å². The third-order valence-electron chi connectivity index (χ3n) is 3.75. The summed E-state index contributed by atoms with van der Waals surface area (Å²) in [4.78, 5) is 40.9. The van der Waals surface area contributed by atoms with E-state index in [2.05, 4.69) is 4.99 Å². The Hall–Kier alpha value is -2.48. The van der Waals surface area contributed by atoms with Gasteiger partial charge in [0.2, 0.25) is 11.8 Å². The van der Waals surface area contributed by atoms with Crippen molar-refractivity contribution in [1.29, 1.82) is 0 Å². The van der Waals surface area contributed by atoms with E-state index in [1.165, 1.54) is 11.3 Å². The van der Waals surface area contributed by atoms with Gasteiger partial charge in [-0.15, -0.1) is 0 Å². The van der Waals surface area contributed by atoms with E-state index in [-0.39, 0.29) is 31.2 Å². The summed E-state index contributed by atoms with van der Waals surface area (Å²) in [5.41, 5.74) is 0.865. The fraction of sp³-hybridized carbons (Fsp3) is 0.375. The molecule has 0 bridgehead atoms. The number of imide groups is 1. The molecule has 24 heavy (non-hydrogen) atoms. The highest BCUT2D eigenvalue weighted by Gasteiger charge is 2.30. The quantitative estimate of drug-likeness (QED) is 0.779. The van der Waals surface area contributed by atoms with Crippen LogP contribution in [0.5, 0.6) is 5.75 Å². The van der Waals surface area contributed by atoms with Crippen molar-refractivity contribution in [3.05, 3.63) is 23.0 Å². The van der Waals surface area contributed by atoms with Gasteiger partial charge in [-0.05, 0) is 19.1 Å². The number of carbonyl (C=O) groups is 3. The molecule has 1 fully saturated rings. The van der Waals surface area contributed by atoms with Gasteiger partial charge in [0.05, 0.1) is 11.3 Å². The van der Waals surface area contributed by atoms with E-state index in [1.54, 1.807) is 11.6 Å². The topological polar surface area (TPSA) is 81.0 Å². The largest absolute Gasteiger partial charge is 0.492 e. The van der Waals surface area contributed by atoms with Crippen LogP contribution in [-0.4, -0.2) is 40.3 Å². The van der Waals surface area contributed by atoms with Crippen molar-refractivity contribution in [3.63, 3.8) is 0 Å². The molecule has 3 amide bonds. The molecule has 0 N–H and O–H groups in total. The number of likely N-dealkylation sites (tertiary alicyclic amines) is 1. The molecule has 126 valence electrons. The maximum atomic E-state index is 12.1. The van der Waals surface area contributed by atoms with Crippen molar-refractivity contribution in [2.45, 2.75) is 19.8 Å². The summed E-state index contributed by atoms with van der Waals surface area (Å²) < 4.78 is 8.35. The fourth-order valence-corrected chi connectivity index (χ4v) is 3.68. The summed E-state index contributed by atoms with van der Waals surface area (Å²) in [7, 11) is 1.81. The van der Waals surface area contributed by atoms with Crippen LogP contribution in [0.3, 0.4) is 0 Å². The number of hydrogen-bond donors (Lipinski definition) is 0. The zero-order valence-electron chi connectivity index (χ0n) is 13.4. The van der Waals surface area contributed by atoms with Crippen LogP contribution >= 0.6 is 11.3 Å². The Labute approximate surface area is 142 Å². The lowest BCUT2D eigenvalue weighted by Crippen LogP contribution is -2.34. The molecule has 0 atom stereocenters. The molecule has 0 spiro atoms. The summed E-state index contributed by atoms with van der Waals surface area (Å²) in [5, 5.41) is 0. The lowest BCUT2D eigenvalue weighted by molar-refractivity contribution is -0.141. The average molecular weight is 347 g/mol. The van der Waals surface area contributed by atoms with Gasteiger partial charge in [-0.3, -0.25) is 19.3 Å². The standard InChI is InChI=1S/C16H17N3O4S/c1-3-23-10-5-4-6-11-15(10)18(2)16(24-11)17-12(20)9-19-13(21)7-8-14(19)22/h4-6H,3,7-9H2,1-2H3. The second kappa shape index (κ2) is 6.56. The van der Waals surface area contributed by atoms with E-state index in [4.69, 9.17) is 4.74 Å². The number of amides is 3. The van der Waals surface area contributed by atoms with Gasteiger partial charge >= 0.3 is 0 Å². The molecular weight excluding hydrogens is 330 g/mol. The van der Waals surface area contributed by atoms with Crippen LogP contribution in [0.25, 0.3) is 10.2 Å². The number of ether oxygens (including phenoxy) is 1. The number of thiazole rings is 1. The average Bonchev–Trinajstić information content (AvgIpc) is 3.03. The molecule has 1 aromatic heterocycles. The monoisotopic (exact) mass is 347 g/mol. The Morgan fingerprint density at radius 3 is 2.67 bits per heavy atom. The van der Waals surface area contributed by atoms with Gasteiger partial charge < -0.3 is 9.30 Å². The first kappa shape index (κ1) is 16.4. The molecule has 0 saturated carbocycles. The number of nitrogens with zero attached hydrogens (tertiary/aromatic N) is 3. The van der Waals surface area contributed by atoms with Gasteiger partial charge in [0, 0.05) is 19.9 Å². The molecule has 1 aliphatic heterocycles. The molecule has 1 saturated heterocycles. The van der Waals surface area contributed by atoms with E-state index >= 15 is 0 Å². The van der Waals surface area contributed by atoms with Gasteiger partial charge in [-0.1, -0.05) is 17.4 Å². The molecule has 3 rings (SSSR count). The van der Waals surface area contributed by atoms with Gasteiger partial charge in [0.15, 0.2) is 4.80 Å². The fourth-order valence-electron chi connectivity index (χ4n) is 2.62. The Morgan fingerprint density at radius 2 is 2.00 bits per heavy atom. The zero-order valence-corrected chi connectivity index (χ0v) is 14.3. The molecule has 0 radical (unpaired) electrons. The SMILES string of the molecule is CCOc1cccc2sc(=NC(=O)CN3C(=O)CCC3=O)n(C)c12. The number of rotatable bonds is 4. The highest BCUT2D eigenvalue weighted by Crippen LogP contribution is 2.26. The molecule has 0 unspecified atom stereocenters. The van der Waals surface area contributed by atoms with E-state index in [0.29, 0.717) is 11.4 Å². The molecule has 2 heterocycles. The van der Waals surface area contributed by atoms with Crippen molar-refractivity contribution in [2.75, 3.05) is 13.2 Å². The molecule has 0 aliphatic carbocycles. The van der Waals surface area contributed by atoms with E-state index in [9.17, 15) is 14.4 Å². The second-order valence-corrected chi connectivity index (χ2v) is 6.37. The first-order chi connectivity index (χ1) is 11.5. The number of para-hydroxylation sites is 1. The van der Waals surface area contributed by atoms with Crippen LogP contribution in [-0.2, 0) is 21.4 Å². The number of aromatic nitrogens is 1. The maximum absolute atomic E-state index is 12.1. The zero-order chi connectivity index (χ0) is 17.3. The summed E-state index contributed by atoms with van der Waals surface area (Å²) >= 11 is 1.36. The highest BCUT2D eigenvalue weighted by atomic mass is 32.1. The van der Waals surface area contributed by atoms with Crippen LogP contribution in [0.4, 0.5) is 0 Å². The molecule has 1 aromatic carbocycles. The van der Waals surface area contributed by atoms with Crippen LogP contribution in [0.2, 0.25) is 0 Å². The van der Waals surface area contributed by atoms with Crippen molar-refractivity contribution in [2.24, 2.45) is 12.0 Å². The number of carbonyl (C=O) groups excluding carboxylic acids is 3.